The first kappa shape index (κ1) is 14.5. The normalized spacial score (nSPS) is 11.7. The highest BCUT2D eigenvalue weighted by molar-refractivity contribution is 5.97. The van der Waals surface area contributed by atoms with Crippen molar-refractivity contribution in [2.24, 2.45) is 4.99 Å². The van der Waals surface area contributed by atoms with Gasteiger partial charge in [-0.15, -0.1) is 0 Å². The van der Waals surface area contributed by atoms with Gasteiger partial charge in [0.2, 0.25) is 5.95 Å². The van der Waals surface area contributed by atoms with Crippen LogP contribution < -0.4 is 0 Å². The average molecular weight is 315 g/mol. The van der Waals surface area contributed by atoms with Crippen molar-refractivity contribution < 1.29 is 5.11 Å². The minimum Gasteiger partial charge on any atom is -0.507 e. The number of para-hydroxylation sites is 2. The van der Waals surface area contributed by atoms with Crippen molar-refractivity contribution in [3.63, 3.8) is 0 Å². The third kappa shape index (κ3) is 2.33. The van der Waals surface area contributed by atoms with E-state index < -0.39 is 0 Å². The molecule has 0 aliphatic rings. The summed E-state index contributed by atoms with van der Waals surface area (Å²) in [5, 5.41) is 12.3. The zero-order valence-corrected chi connectivity index (χ0v) is 13.3. The second-order valence-electron chi connectivity index (χ2n) is 5.63. The minimum atomic E-state index is 0.246. The summed E-state index contributed by atoms with van der Waals surface area (Å²) in [5.41, 5.74) is 2.67. The third-order valence-corrected chi connectivity index (χ3v) is 4.20. The number of benzene rings is 3. The lowest BCUT2D eigenvalue weighted by molar-refractivity contribution is 0.481. The Labute approximate surface area is 139 Å². The zero-order chi connectivity index (χ0) is 16.5. The van der Waals surface area contributed by atoms with Crippen LogP contribution in [0.1, 0.15) is 12.5 Å². The van der Waals surface area contributed by atoms with Crippen molar-refractivity contribution in [3.05, 3.63) is 66.2 Å². The van der Waals surface area contributed by atoms with E-state index in [1.807, 2.05) is 60.7 Å². The summed E-state index contributed by atoms with van der Waals surface area (Å²) in [6.45, 7) is 2.86. The molecule has 4 nitrogen and oxygen atoms in total. The van der Waals surface area contributed by atoms with Gasteiger partial charge in [-0.1, -0.05) is 42.5 Å². The summed E-state index contributed by atoms with van der Waals surface area (Å²) in [4.78, 5) is 9.09. The van der Waals surface area contributed by atoms with E-state index >= 15 is 0 Å². The molecule has 0 radical (unpaired) electrons. The van der Waals surface area contributed by atoms with Gasteiger partial charge in [0.25, 0.3) is 0 Å². The molecule has 0 unspecified atom stereocenters. The Kier molecular flexibility index (Phi) is 3.50. The fraction of sp³-hybridized carbons (Fsp3) is 0.100. The molecule has 1 heterocycles. The Hall–Kier alpha value is -3.14. The highest BCUT2D eigenvalue weighted by Crippen LogP contribution is 2.28. The molecule has 0 bridgehead atoms. The molecule has 3 aromatic carbocycles. The first-order valence-electron chi connectivity index (χ1n) is 7.98. The number of imidazole rings is 1. The van der Waals surface area contributed by atoms with Gasteiger partial charge in [-0.3, -0.25) is 0 Å². The summed E-state index contributed by atoms with van der Waals surface area (Å²) in [7, 11) is 0. The standard InChI is InChI=1S/C20H17N3O/c1-2-23-18-10-6-5-9-17(18)22-20(23)21-13-15-12-11-14-7-3-4-8-16(14)19(15)24/h3-13,24H,2H2,1H3. The van der Waals surface area contributed by atoms with Crippen LogP contribution in [0.15, 0.2) is 65.7 Å². The molecule has 0 aliphatic heterocycles. The first-order chi connectivity index (χ1) is 11.8. The highest BCUT2D eigenvalue weighted by Gasteiger charge is 2.08. The monoisotopic (exact) mass is 315 g/mol. The summed E-state index contributed by atoms with van der Waals surface area (Å²) in [5.74, 6) is 0.891. The fourth-order valence-corrected chi connectivity index (χ4v) is 2.98. The van der Waals surface area contributed by atoms with Crippen molar-refractivity contribution in [2.75, 3.05) is 0 Å². The van der Waals surface area contributed by atoms with E-state index in [0.29, 0.717) is 11.5 Å². The quantitative estimate of drug-likeness (QED) is 0.559. The molecule has 0 saturated carbocycles. The Balaban J connectivity index is 1.79. The molecule has 118 valence electrons. The number of fused-ring (bicyclic) bond motifs is 2. The van der Waals surface area contributed by atoms with Crippen LogP contribution in [0.4, 0.5) is 5.95 Å². The van der Waals surface area contributed by atoms with Gasteiger partial charge in [0.1, 0.15) is 5.75 Å². The number of hydrogen-bond donors (Lipinski definition) is 1. The molecule has 0 atom stereocenters. The second-order valence-corrected chi connectivity index (χ2v) is 5.63. The molecule has 0 saturated heterocycles. The van der Waals surface area contributed by atoms with E-state index in [-0.39, 0.29) is 5.75 Å². The van der Waals surface area contributed by atoms with E-state index in [0.717, 1.165) is 28.4 Å². The van der Waals surface area contributed by atoms with Gasteiger partial charge in [0.15, 0.2) is 0 Å². The van der Waals surface area contributed by atoms with Gasteiger partial charge in [0, 0.05) is 23.7 Å². The topological polar surface area (TPSA) is 50.4 Å². The summed E-state index contributed by atoms with van der Waals surface area (Å²) in [6, 6.07) is 19.6. The number of nitrogens with zero attached hydrogens (tertiary/aromatic N) is 3. The Morgan fingerprint density at radius 2 is 1.83 bits per heavy atom. The maximum absolute atomic E-state index is 10.5. The van der Waals surface area contributed by atoms with Gasteiger partial charge < -0.3 is 9.67 Å². The maximum atomic E-state index is 10.5. The maximum Gasteiger partial charge on any atom is 0.230 e. The summed E-state index contributed by atoms with van der Waals surface area (Å²) >= 11 is 0. The predicted octanol–water partition coefficient (Wildman–Crippen LogP) is 4.67. The van der Waals surface area contributed by atoms with Crippen molar-refractivity contribution in [3.8, 4) is 5.75 Å². The Morgan fingerprint density at radius 3 is 2.71 bits per heavy atom. The van der Waals surface area contributed by atoms with Crippen molar-refractivity contribution >= 4 is 34.0 Å². The van der Waals surface area contributed by atoms with Crippen molar-refractivity contribution in [1.82, 2.24) is 9.55 Å². The second kappa shape index (κ2) is 5.81. The molecule has 0 spiro atoms. The SMILES string of the molecule is CCn1c(N=Cc2ccc3ccccc3c2O)nc2ccccc21. The van der Waals surface area contributed by atoms with E-state index in [4.69, 9.17) is 0 Å². The van der Waals surface area contributed by atoms with Gasteiger partial charge in [0.05, 0.1) is 11.0 Å². The van der Waals surface area contributed by atoms with Crippen LogP contribution in [0.2, 0.25) is 0 Å². The van der Waals surface area contributed by atoms with Crippen LogP contribution in [0.25, 0.3) is 21.8 Å². The molecule has 4 aromatic rings. The summed E-state index contributed by atoms with van der Waals surface area (Å²) in [6.07, 6.45) is 1.68. The van der Waals surface area contributed by atoms with E-state index in [1.54, 1.807) is 6.21 Å². The van der Waals surface area contributed by atoms with E-state index in [2.05, 4.69) is 21.5 Å². The number of aromatic nitrogens is 2. The lowest BCUT2D eigenvalue weighted by Crippen LogP contribution is -1.93. The van der Waals surface area contributed by atoms with Crippen LogP contribution in [0.3, 0.4) is 0 Å². The Bertz CT molecular complexity index is 1060. The van der Waals surface area contributed by atoms with Crippen LogP contribution >= 0.6 is 0 Å². The molecule has 0 amide bonds. The minimum absolute atomic E-state index is 0.246. The molecule has 0 fully saturated rings. The van der Waals surface area contributed by atoms with Crippen LogP contribution in [0, 0.1) is 0 Å². The number of aromatic hydroxyl groups is 1. The number of phenols is 1. The van der Waals surface area contributed by atoms with Crippen LogP contribution in [0.5, 0.6) is 5.75 Å². The highest BCUT2D eigenvalue weighted by atomic mass is 16.3. The Morgan fingerprint density at radius 1 is 1.04 bits per heavy atom. The number of phenolic OH excluding ortho intramolecular Hbond substituents is 1. The van der Waals surface area contributed by atoms with Gasteiger partial charge in [-0.2, -0.15) is 0 Å². The van der Waals surface area contributed by atoms with Gasteiger partial charge in [-0.25, -0.2) is 9.98 Å². The summed E-state index contributed by atoms with van der Waals surface area (Å²) < 4.78 is 2.06. The molecular formula is C20H17N3O. The molecule has 1 aromatic heterocycles. The average Bonchev–Trinajstić information content (AvgIpc) is 2.99. The molecular weight excluding hydrogens is 298 g/mol. The van der Waals surface area contributed by atoms with Gasteiger partial charge in [-0.05, 0) is 30.5 Å². The van der Waals surface area contributed by atoms with Gasteiger partial charge >= 0.3 is 0 Å². The third-order valence-electron chi connectivity index (χ3n) is 4.20. The van der Waals surface area contributed by atoms with E-state index in [1.165, 1.54) is 0 Å². The van der Waals surface area contributed by atoms with Crippen LogP contribution in [-0.2, 0) is 6.54 Å². The fourth-order valence-electron chi connectivity index (χ4n) is 2.98. The van der Waals surface area contributed by atoms with E-state index in [9.17, 15) is 5.11 Å². The smallest absolute Gasteiger partial charge is 0.230 e. The lowest BCUT2D eigenvalue weighted by Gasteiger charge is -2.04. The van der Waals surface area contributed by atoms with Crippen LogP contribution in [-0.4, -0.2) is 20.9 Å². The number of rotatable bonds is 3. The molecule has 1 N–H and O–H groups in total. The first-order valence-corrected chi connectivity index (χ1v) is 7.98. The largest absolute Gasteiger partial charge is 0.507 e. The zero-order valence-electron chi connectivity index (χ0n) is 13.3. The molecule has 24 heavy (non-hydrogen) atoms. The number of aryl methyl sites for hydroxylation is 1. The number of aliphatic imine (C=N–C) groups is 1. The predicted molar refractivity (Wildman–Crippen MR) is 98.3 cm³/mol. The lowest BCUT2D eigenvalue weighted by atomic mass is 10.1. The molecule has 4 heteroatoms. The molecule has 4 rings (SSSR count). The van der Waals surface area contributed by atoms with Crippen molar-refractivity contribution in [1.29, 1.82) is 0 Å². The molecule has 0 aliphatic carbocycles. The van der Waals surface area contributed by atoms with Crippen molar-refractivity contribution in [2.45, 2.75) is 13.5 Å². The number of hydrogen-bond acceptors (Lipinski definition) is 3.